The van der Waals surface area contributed by atoms with Gasteiger partial charge in [0, 0.05) is 17.1 Å². The predicted molar refractivity (Wildman–Crippen MR) is 87.7 cm³/mol. The van der Waals surface area contributed by atoms with Crippen LogP contribution in [0.2, 0.25) is 5.02 Å². The van der Waals surface area contributed by atoms with E-state index in [-0.39, 0.29) is 17.4 Å². The van der Waals surface area contributed by atoms with Gasteiger partial charge in [0.15, 0.2) is 11.6 Å². The number of anilines is 3. The number of nitrogens with zero attached hydrogens (tertiary/aromatic N) is 2. The number of halogens is 1. The molecule has 0 aliphatic rings. The molecule has 5 N–H and O–H groups in total. The molecule has 1 aromatic carbocycles. The number of carbonyl (C=O) groups excluding carboxylic acids is 1. The fourth-order valence-corrected chi connectivity index (χ4v) is 1.81. The van der Waals surface area contributed by atoms with Crippen molar-refractivity contribution in [2.45, 2.75) is 0 Å². The van der Waals surface area contributed by atoms with Gasteiger partial charge in [0.2, 0.25) is 0 Å². The zero-order chi connectivity index (χ0) is 15.9. The number of hydrogen-bond acceptors (Lipinski definition) is 6. The van der Waals surface area contributed by atoms with E-state index in [1.807, 2.05) is 0 Å². The molecular formula is C14H15ClN6O. The first kappa shape index (κ1) is 15.6. The summed E-state index contributed by atoms with van der Waals surface area (Å²) >= 11 is 5.84. The maximum atomic E-state index is 12.0. The second-order valence-electron chi connectivity index (χ2n) is 4.24. The molecule has 0 aliphatic heterocycles. The molecule has 7 nitrogen and oxygen atoms in total. The average Bonchev–Trinajstić information content (AvgIpc) is 2.52. The summed E-state index contributed by atoms with van der Waals surface area (Å²) in [5, 5.41) is 3.44. The largest absolute Gasteiger partial charge is 0.393 e. The van der Waals surface area contributed by atoms with Gasteiger partial charge < -0.3 is 11.1 Å². The first-order valence-electron chi connectivity index (χ1n) is 6.39. The van der Waals surface area contributed by atoms with Crippen molar-refractivity contribution in [3.63, 3.8) is 0 Å². The zero-order valence-electron chi connectivity index (χ0n) is 11.6. The smallest absolute Gasteiger partial charge is 0.269 e. The van der Waals surface area contributed by atoms with Gasteiger partial charge in [-0.05, 0) is 18.2 Å². The number of nitrogens with two attached hydrogens (primary N) is 1. The summed E-state index contributed by atoms with van der Waals surface area (Å²) in [7, 11) is 0. The van der Waals surface area contributed by atoms with Crippen LogP contribution in [0.5, 0.6) is 0 Å². The highest BCUT2D eigenvalue weighted by molar-refractivity contribution is 6.30. The number of hydrogen-bond donors (Lipinski definition) is 4. The molecule has 1 amide bonds. The van der Waals surface area contributed by atoms with E-state index < -0.39 is 0 Å². The van der Waals surface area contributed by atoms with Crippen molar-refractivity contribution in [1.29, 1.82) is 0 Å². The maximum Gasteiger partial charge on any atom is 0.269 e. The van der Waals surface area contributed by atoms with Gasteiger partial charge in [0.1, 0.15) is 12.0 Å². The molecule has 22 heavy (non-hydrogen) atoms. The molecule has 0 atom stereocenters. The lowest BCUT2D eigenvalue weighted by molar-refractivity contribution is 0.0962. The molecule has 0 saturated heterocycles. The highest BCUT2D eigenvalue weighted by Gasteiger charge is 2.10. The normalized spacial score (nSPS) is 9.86. The molecule has 1 aromatic heterocycles. The van der Waals surface area contributed by atoms with E-state index in [1.165, 1.54) is 6.33 Å². The number of aromatic nitrogens is 2. The van der Waals surface area contributed by atoms with E-state index >= 15 is 0 Å². The molecule has 0 spiro atoms. The van der Waals surface area contributed by atoms with E-state index in [1.54, 1.807) is 30.3 Å². The van der Waals surface area contributed by atoms with Gasteiger partial charge in [0.05, 0.1) is 0 Å². The molecule has 1 heterocycles. The molecule has 8 heteroatoms. The van der Waals surface area contributed by atoms with Crippen molar-refractivity contribution in [3.05, 3.63) is 53.8 Å². The number of nitrogens with one attached hydrogen (secondary N) is 3. The van der Waals surface area contributed by atoms with Crippen molar-refractivity contribution in [1.82, 2.24) is 15.4 Å². The summed E-state index contributed by atoms with van der Waals surface area (Å²) in [5.41, 5.74) is 11.8. The Kier molecular flexibility index (Phi) is 5.16. The SMILES string of the molecule is C=CCNc1ncnc(NNC(=O)c2cccc(Cl)c2)c1N. The fourth-order valence-electron chi connectivity index (χ4n) is 1.62. The van der Waals surface area contributed by atoms with E-state index in [9.17, 15) is 4.79 Å². The van der Waals surface area contributed by atoms with Crippen LogP contribution in [0, 0.1) is 0 Å². The van der Waals surface area contributed by atoms with Crippen LogP contribution in [0.15, 0.2) is 43.2 Å². The van der Waals surface area contributed by atoms with E-state index in [0.29, 0.717) is 22.9 Å². The van der Waals surface area contributed by atoms with Crippen LogP contribution < -0.4 is 21.9 Å². The van der Waals surface area contributed by atoms with Crippen LogP contribution in [-0.2, 0) is 0 Å². The molecule has 2 aromatic rings. The quantitative estimate of drug-likeness (QED) is 0.480. The zero-order valence-corrected chi connectivity index (χ0v) is 12.4. The minimum Gasteiger partial charge on any atom is -0.393 e. The third kappa shape index (κ3) is 3.86. The van der Waals surface area contributed by atoms with Crippen molar-refractivity contribution in [2.24, 2.45) is 0 Å². The Balaban J connectivity index is 2.05. The molecular weight excluding hydrogens is 304 g/mol. The van der Waals surface area contributed by atoms with Gasteiger partial charge >= 0.3 is 0 Å². The predicted octanol–water partition coefficient (Wildman–Crippen LogP) is 2.07. The van der Waals surface area contributed by atoms with Crippen LogP contribution in [-0.4, -0.2) is 22.4 Å². The Morgan fingerprint density at radius 3 is 2.86 bits per heavy atom. The van der Waals surface area contributed by atoms with Crippen LogP contribution in [0.4, 0.5) is 17.3 Å². The van der Waals surface area contributed by atoms with Crippen LogP contribution in [0.1, 0.15) is 10.4 Å². The number of rotatable bonds is 6. The molecule has 2 rings (SSSR count). The maximum absolute atomic E-state index is 12.0. The summed E-state index contributed by atoms with van der Waals surface area (Å²) in [6, 6.07) is 6.57. The Labute approximate surface area is 132 Å². The van der Waals surface area contributed by atoms with Gasteiger partial charge in [0.25, 0.3) is 5.91 Å². The highest BCUT2D eigenvalue weighted by Crippen LogP contribution is 2.21. The molecule has 114 valence electrons. The second kappa shape index (κ2) is 7.28. The van der Waals surface area contributed by atoms with Gasteiger partial charge in [-0.2, -0.15) is 0 Å². The minimum atomic E-state index is -0.360. The third-order valence-electron chi connectivity index (χ3n) is 2.68. The van der Waals surface area contributed by atoms with Crippen molar-refractivity contribution in [3.8, 4) is 0 Å². The van der Waals surface area contributed by atoms with Crippen molar-refractivity contribution in [2.75, 3.05) is 23.0 Å². The lowest BCUT2D eigenvalue weighted by atomic mass is 10.2. The number of carbonyl (C=O) groups is 1. The summed E-state index contributed by atoms with van der Waals surface area (Å²) in [6.07, 6.45) is 3.01. The number of hydrazine groups is 1. The Hall–Kier alpha value is -2.80. The molecule has 0 aliphatic carbocycles. The van der Waals surface area contributed by atoms with E-state index in [2.05, 4.69) is 32.7 Å². The molecule has 0 unspecified atom stereocenters. The van der Waals surface area contributed by atoms with Crippen LogP contribution in [0.25, 0.3) is 0 Å². The van der Waals surface area contributed by atoms with Gasteiger partial charge in [-0.15, -0.1) is 6.58 Å². The molecule has 0 saturated carbocycles. The summed E-state index contributed by atoms with van der Waals surface area (Å²) in [6.45, 7) is 4.11. The van der Waals surface area contributed by atoms with Crippen LogP contribution in [0.3, 0.4) is 0 Å². The topological polar surface area (TPSA) is 105 Å². The third-order valence-corrected chi connectivity index (χ3v) is 2.91. The van der Waals surface area contributed by atoms with E-state index in [0.717, 1.165) is 0 Å². The monoisotopic (exact) mass is 318 g/mol. The van der Waals surface area contributed by atoms with Gasteiger partial charge in [-0.3, -0.25) is 15.6 Å². The Bertz CT molecular complexity index is 691. The first-order valence-corrected chi connectivity index (χ1v) is 6.76. The highest BCUT2D eigenvalue weighted by atomic mass is 35.5. The van der Waals surface area contributed by atoms with Gasteiger partial charge in [-0.25, -0.2) is 9.97 Å². The van der Waals surface area contributed by atoms with E-state index in [4.69, 9.17) is 17.3 Å². The average molecular weight is 319 g/mol. The summed E-state index contributed by atoms with van der Waals surface area (Å²) in [4.78, 5) is 20.0. The lowest BCUT2D eigenvalue weighted by Crippen LogP contribution is -2.30. The first-order chi connectivity index (χ1) is 10.6. The summed E-state index contributed by atoms with van der Waals surface area (Å²) in [5.74, 6) is 0.382. The molecule has 0 bridgehead atoms. The fraction of sp³-hybridized carbons (Fsp3) is 0.0714. The molecule has 0 fully saturated rings. The van der Waals surface area contributed by atoms with Crippen molar-refractivity contribution >= 4 is 34.8 Å². The standard InChI is InChI=1S/C14H15ClN6O/c1-2-6-17-12-11(16)13(19-8-18-12)20-21-14(22)9-4-3-5-10(15)7-9/h2-5,7-8H,1,6,16H2,(H,21,22)(H2,17,18,19,20). The lowest BCUT2D eigenvalue weighted by Gasteiger charge is -2.12. The number of amides is 1. The van der Waals surface area contributed by atoms with Crippen LogP contribution >= 0.6 is 11.6 Å². The minimum absolute atomic E-state index is 0.288. The second-order valence-corrected chi connectivity index (χ2v) is 4.68. The van der Waals surface area contributed by atoms with Crippen molar-refractivity contribution < 1.29 is 4.79 Å². The Morgan fingerprint density at radius 1 is 1.36 bits per heavy atom. The number of benzene rings is 1. The Morgan fingerprint density at radius 2 is 2.14 bits per heavy atom. The molecule has 0 radical (unpaired) electrons. The summed E-state index contributed by atoms with van der Waals surface area (Å²) < 4.78 is 0. The number of nitrogen functional groups attached to an aromatic ring is 1. The van der Waals surface area contributed by atoms with Gasteiger partial charge in [-0.1, -0.05) is 23.7 Å².